The first-order valence-electron chi connectivity index (χ1n) is 8.74. The van der Waals surface area contributed by atoms with Crippen molar-refractivity contribution in [3.05, 3.63) is 0 Å². The fraction of sp³-hybridized carbons (Fsp3) is 1.00. The topological polar surface area (TPSA) is 20.2 Å². The van der Waals surface area contributed by atoms with Crippen molar-refractivity contribution in [3.8, 4) is 0 Å². The normalized spacial score (nSPS) is 41.2. The number of aliphatic hydroxyl groups excluding tert-OH is 1. The number of hydrogen-bond acceptors (Lipinski definition) is 1. The van der Waals surface area contributed by atoms with E-state index in [-0.39, 0.29) is 0 Å². The molecule has 3 aliphatic rings. The maximum atomic E-state index is 8.14. The number of hydrogen-bond donors (Lipinski definition) is 1. The molecule has 19 heavy (non-hydrogen) atoms. The van der Waals surface area contributed by atoms with Crippen LogP contribution in [-0.2, 0) is 0 Å². The van der Waals surface area contributed by atoms with Crippen LogP contribution in [0.15, 0.2) is 0 Å². The second-order valence-electron chi connectivity index (χ2n) is 7.76. The van der Waals surface area contributed by atoms with E-state index in [1.807, 2.05) is 13.8 Å². The van der Waals surface area contributed by atoms with Gasteiger partial charge in [0.2, 0.25) is 0 Å². The SMILES string of the molecule is CC(C)CO.CC1CCCC2C1CC1CCCCC12. The summed E-state index contributed by atoms with van der Waals surface area (Å²) in [4.78, 5) is 0. The molecule has 0 bridgehead atoms. The first kappa shape index (κ1) is 15.4. The highest BCUT2D eigenvalue weighted by molar-refractivity contribution is 4.96. The number of rotatable bonds is 1. The van der Waals surface area contributed by atoms with Gasteiger partial charge < -0.3 is 5.11 Å². The fourth-order valence-corrected chi connectivity index (χ4v) is 4.91. The maximum Gasteiger partial charge on any atom is 0.0453 e. The van der Waals surface area contributed by atoms with Crippen LogP contribution in [0.3, 0.4) is 0 Å². The van der Waals surface area contributed by atoms with E-state index in [1.165, 1.54) is 19.3 Å². The lowest BCUT2D eigenvalue weighted by Gasteiger charge is -2.35. The van der Waals surface area contributed by atoms with Crippen molar-refractivity contribution in [1.29, 1.82) is 0 Å². The Hall–Kier alpha value is -0.0400. The summed E-state index contributed by atoms with van der Waals surface area (Å²) in [5.41, 5.74) is 0. The van der Waals surface area contributed by atoms with Gasteiger partial charge in [-0.25, -0.2) is 0 Å². The van der Waals surface area contributed by atoms with Crippen molar-refractivity contribution in [1.82, 2.24) is 0 Å². The third-order valence-corrected chi connectivity index (χ3v) is 5.94. The zero-order valence-corrected chi connectivity index (χ0v) is 13.3. The Morgan fingerprint density at radius 1 is 0.895 bits per heavy atom. The summed E-state index contributed by atoms with van der Waals surface area (Å²) in [5.74, 6) is 6.10. The molecule has 0 aliphatic heterocycles. The molecule has 1 nitrogen and oxygen atoms in total. The molecule has 3 rings (SSSR count). The second kappa shape index (κ2) is 7.11. The molecular formula is C18H34O. The van der Waals surface area contributed by atoms with Gasteiger partial charge in [0.05, 0.1) is 0 Å². The van der Waals surface area contributed by atoms with Crippen LogP contribution in [0.4, 0.5) is 0 Å². The second-order valence-corrected chi connectivity index (χ2v) is 7.76. The van der Waals surface area contributed by atoms with Gasteiger partial charge in [-0.2, -0.15) is 0 Å². The molecule has 0 aromatic carbocycles. The zero-order chi connectivity index (χ0) is 13.8. The van der Waals surface area contributed by atoms with Crippen LogP contribution in [0.1, 0.15) is 72.1 Å². The molecule has 1 N–H and O–H groups in total. The highest BCUT2D eigenvalue weighted by Crippen LogP contribution is 2.55. The van der Waals surface area contributed by atoms with Gasteiger partial charge in [-0.1, -0.05) is 52.9 Å². The molecule has 3 saturated carbocycles. The molecule has 0 saturated heterocycles. The Balaban J connectivity index is 0.000000232. The molecular weight excluding hydrogens is 232 g/mol. The summed E-state index contributed by atoms with van der Waals surface area (Å²) in [6, 6.07) is 0. The summed E-state index contributed by atoms with van der Waals surface area (Å²) in [6.07, 6.45) is 12.5. The highest BCUT2D eigenvalue weighted by atomic mass is 16.3. The van der Waals surface area contributed by atoms with Gasteiger partial charge in [-0.15, -0.1) is 0 Å². The summed E-state index contributed by atoms with van der Waals surface area (Å²) < 4.78 is 0. The van der Waals surface area contributed by atoms with Crippen LogP contribution < -0.4 is 0 Å². The molecule has 0 radical (unpaired) electrons. The molecule has 0 heterocycles. The summed E-state index contributed by atoms with van der Waals surface area (Å²) in [6.45, 7) is 6.77. The van der Waals surface area contributed by atoms with E-state index in [0.29, 0.717) is 12.5 Å². The summed E-state index contributed by atoms with van der Waals surface area (Å²) >= 11 is 0. The summed E-state index contributed by atoms with van der Waals surface area (Å²) in [7, 11) is 0. The minimum absolute atomic E-state index is 0.306. The van der Waals surface area contributed by atoms with Gasteiger partial charge in [0, 0.05) is 6.61 Å². The van der Waals surface area contributed by atoms with E-state index in [9.17, 15) is 0 Å². The first-order chi connectivity index (χ1) is 9.13. The lowest BCUT2D eigenvalue weighted by atomic mass is 9.70. The molecule has 0 aromatic heterocycles. The van der Waals surface area contributed by atoms with E-state index in [4.69, 9.17) is 5.11 Å². The Labute approximate surface area is 120 Å². The Morgan fingerprint density at radius 3 is 2.21 bits per heavy atom. The Kier molecular flexibility index (Phi) is 5.74. The van der Waals surface area contributed by atoms with Crippen LogP contribution in [0, 0.1) is 35.5 Å². The average Bonchev–Trinajstić information content (AvgIpc) is 2.80. The van der Waals surface area contributed by atoms with E-state index in [2.05, 4.69) is 6.92 Å². The third-order valence-electron chi connectivity index (χ3n) is 5.94. The van der Waals surface area contributed by atoms with Gasteiger partial charge in [0.15, 0.2) is 0 Å². The largest absolute Gasteiger partial charge is 0.396 e. The van der Waals surface area contributed by atoms with Crippen LogP contribution in [0.2, 0.25) is 0 Å². The van der Waals surface area contributed by atoms with Gasteiger partial charge >= 0.3 is 0 Å². The van der Waals surface area contributed by atoms with E-state index < -0.39 is 0 Å². The van der Waals surface area contributed by atoms with Gasteiger partial charge in [-0.3, -0.25) is 0 Å². The fourth-order valence-electron chi connectivity index (χ4n) is 4.91. The minimum Gasteiger partial charge on any atom is -0.396 e. The maximum absolute atomic E-state index is 8.14. The van der Waals surface area contributed by atoms with Gasteiger partial charge in [0.1, 0.15) is 0 Å². The van der Waals surface area contributed by atoms with Crippen molar-refractivity contribution in [2.45, 2.75) is 72.1 Å². The number of fused-ring (bicyclic) bond motifs is 3. The van der Waals surface area contributed by atoms with Crippen molar-refractivity contribution in [3.63, 3.8) is 0 Å². The smallest absolute Gasteiger partial charge is 0.0453 e. The predicted molar refractivity (Wildman–Crippen MR) is 82.0 cm³/mol. The standard InChI is InChI=1S/C14H24.C4H10O/c1-10-5-4-8-13-12-7-3-2-6-11(12)9-14(10)13;1-4(2)3-5/h10-14H,2-9H2,1H3;4-5H,3H2,1-2H3. The molecule has 3 fully saturated rings. The zero-order valence-electron chi connectivity index (χ0n) is 13.3. The van der Waals surface area contributed by atoms with Crippen LogP contribution in [-0.4, -0.2) is 11.7 Å². The van der Waals surface area contributed by atoms with Crippen molar-refractivity contribution in [2.75, 3.05) is 6.61 Å². The van der Waals surface area contributed by atoms with Crippen molar-refractivity contribution >= 4 is 0 Å². The Bertz CT molecular complexity index is 258. The van der Waals surface area contributed by atoms with E-state index >= 15 is 0 Å². The lowest BCUT2D eigenvalue weighted by Crippen LogP contribution is -2.26. The third kappa shape index (κ3) is 3.74. The highest BCUT2D eigenvalue weighted by Gasteiger charge is 2.46. The lowest BCUT2D eigenvalue weighted by molar-refractivity contribution is 0.148. The van der Waals surface area contributed by atoms with Crippen molar-refractivity contribution in [2.24, 2.45) is 35.5 Å². The summed E-state index contributed by atoms with van der Waals surface area (Å²) in [5, 5.41) is 8.14. The van der Waals surface area contributed by atoms with Gasteiger partial charge in [-0.05, 0) is 54.8 Å². The van der Waals surface area contributed by atoms with Crippen molar-refractivity contribution < 1.29 is 5.11 Å². The van der Waals surface area contributed by atoms with Crippen LogP contribution >= 0.6 is 0 Å². The average molecular weight is 266 g/mol. The Morgan fingerprint density at radius 2 is 1.53 bits per heavy atom. The molecule has 1 heteroatoms. The number of aliphatic hydroxyl groups is 1. The first-order valence-corrected chi connectivity index (χ1v) is 8.74. The predicted octanol–water partition coefficient (Wildman–Crippen LogP) is 4.88. The monoisotopic (exact) mass is 266 g/mol. The van der Waals surface area contributed by atoms with Crippen LogP contribution in [0.5, 0.6) is 0 Å². The van der Waals surface area contributed by atoms with Gasteiger partial charge in [0.25, 0.3) is 0 Å². The molecule has 5 unspecified atom stereocenters. The molecule has 0 amide bonds. The molecule has 3 aliphatic carbocycles. The molecule has 0 aromatic rings. The molecule has 0 spiro atoms. The van der Waals surface area contributed by atoms with E-state index in [0.717, 1.165) is 29.6 Å². The van der Waals surface area contributed by atoms with E-state index in [1.54, 1.807) is 32.1 Å². The molecule has 5 atom stereocenters. The molecule has 112 valence electrons. The quantitative estimate of drug-likeness (QED) is 0.717. The minimum atomic E-state index is 0.306. The van der Waals surface area contributed by atoms with Crippen LogP contribution in [0.25, 0.3) is 0 Å².